The van der Waals surface area contributed by atoms with Crippen molar-refractivity contribution in [2.24, 2.45) is 5.92 Å². The molecule has 0 saturated heterocycles. The van der Waals surface area contributed by atoms with Gasteiger partial charge >= 0.3 is 0 Å². The molecule has 0 aliphatic heterocycles. The van der Waals surface area contributed by atoms with Gasteiger partial charge in [-0.1, -0.05) is 39.3 Å². The molecule has 0 unspecified atom stereocenters. The smallest absolute Gasteiger partial charge is 0.119 e. The Kier molecular flexibility index (Phi) is 9.11. The van der Waals surface area contributed by atoms with Gasteiger partial charge in [-0.3, -0.25) is 0 Å². The largest absolute Gasteiger partial charge is 0.492 e. The van der Waals surface area contributed by atoms with Crippen molar-refractivity contribution < 1.29 is 4.74 Å². The second-order valence-electron chi connectivity index (χ2n) is 6.18. The Morgan fingerprint density at radius 1 is 1.24 bits per heavy atom. The van der Waals surface area contributed by atoms with Gasteiger partial charge in [0.05, 0.1) is 0 Å². The Hall–Kier alpha value is -1.06. The van der Waals surface area contributed by atoms with E-state index in [1.165, 1.54) is 18.4 Å². The van der Waals surface area contributed by atoms with E-state index in [1.54, 1.807) is 0 Å². The second kappa shape index (κ2) is 10.6. The Morgan fingerprint density at radius 2 is 2.05 bits per heavy atom. The molecule has 0 amide bonds. The van der Waals surface area contributed by atoms with E-state index in [1.807, 2.05) is 6.07 Å². The maximum atomic E-state index is 5.86. The number of benzene rings is 1. The minimum atomic E-state index is 0.683. The zero-order valence-corrected chi connectivity index (χ0v) is 14.2. The molecule has 1 aromatic rings. The van der Waals surface area contributed by atoms with Gasteiger partial charge in [0.25, 0.3) is 0 Å². The van der Waals surface area contributed by atoms with Crippen molar-refractivity contribution in [3.05, 3.63) is 29.8 Å². The molecule has 0 fully saturated rings. The molecule has 0 saturated carbocycles. The summed E-state index contributed by atoms with van der Waals surface area (Å²) in [6.45, 7) is 11.5. The van der Waals surface area contributed by atoms with Gasteiger partial charge in [-0.15, -0.1) is 0 Å². The van der Waals surface area contributed by atoms with E-state index in [2.05, 4.69) is 56.2 Å². The lowest BCUT2D eigenvalue weighted by Crippen LogP contribution is -2.25. The van der Waals surface area contributed by atoms with Crippen molar-refractivity contribution in [2.45, 2.75) is 40.2 Å². The van der Waals surface area contributed by atoms with Crippen LogP contribution in [0.1, 0.15) is 39.2 Å². The highest BCUT2D eigenvalue weighted by atomic mass is 16.5. The molecule has 3 heteroatoms. The maximum Gasteiger partial charge on any atom is 0.119 e. The summed E-state index contributed by atoms with van der Waals surface area (Å²) in [6, 6.07) is 8.40. The lowest BCUT2D eigenvalue weighted by molar-refractivity contribution is 0.235. The molecule has 0 aromatic heterocycles. The Bertz CT molecular complexity index is 379. The molecule has 0 aliphatic carbocycles. The van der Waals surface area contributed by atoms with Crippen LogP contribution in [0.4, 0.5) is 0 Å². The lowest BCUT2D eigenvalue weighted by Gasteiger charge is -2.16. The second-order valence-corrected chi connectivity index (χ2v) is 6.18. The van der Waals surface area contributed by atoms with E-state index in [0.29, 0.717) is 5.92 Å². The van der Waals surface area contributed by atoms with Gasteiger partial charge in [0, 0.05) is 13.1 Å². The molecule has 0 bridgehead atoms. The summed E-state index contributed by atoms with van der Waals surface area (Å²) >= 11 is 0. The van der Waals surface area contributed by atoms with Gasteiger partial charge in [-0.2, -0.15) is 0 Å². The molecule has 21 heavy (non-hydrogen) atoms. The third-order valence-electron chi connectivity index (χ3n) is 3.42. The normalized spacial score (nSPS) is 11.3. The van der Waals surface area contributed by atoms with Gasteiger partial charge in [0.2, 0.25) is 0 Å². The summed E-state index contributed by atoms with van der Waals surface area (Å²) in [4.78, 5) is 2.33. The topological polar surface area (TPSA) is 24.5 Å². The monoisotopic (exact) mass is 292 g/mol. The first-order valence-corrected chi connectivity index (χ1v) is 8.22. The Morgan fingerprint density at radius 3 is 2.76 bits per heavy atom. The summed E-state index contributed by atoms with van der Waals surface area (Å²) in [6.07, 6.45) is 2.50. The maximum absolute atomic E-state index is 5.86. The number of rotatable bonds is 11. The van der Waals surface area contributed by atoms with Crippen LogP contribution < -0.4 is 10.1 Å². The number of ether oxygens (including phenoxy) is 1. The van der Waals surface area contributed by atoms with Crippen molar-refractivity contribution in [1.29, 1.82) is 0 Å². The average molecular weight is 292 g/mol. The van der Waals surface area contributed by atoms with Crippen LogP contribution in [-0.2, 0) is 6.54 Å². The van der Waals surface area contributed by atoms with E-state index < -0.39 is 0 Å². The predicted octanol–water partition coefficient (Wildman–Crippen LogP) is 3.54. The van der Waals surface area contributed by atoms with Crippen LogP contribution in [0, 0.1) is 5.92 Å². The summed E-state index contributed by atoms with van der Waals surface area (Å²) in [7, 11) is 2.16. The molecule has 0 radical (unpaired) electrons. The molecule has 3 nitrogen and oxygen atoms in total. The van der Waals surface area contributed by atoms with E-state index in [4.69, 9.17) is 4.74 Å². The molecule has 1 N–H and O–H groups in total. The first kappa shape index (κ1) is 18.0. The van der Waals surface area contributed by atoms with Crippen LogP contribution in [0.15, 0.2) is 24.3 Å². The van der Waals surface area contributed by atoms with Gasteiger partial charge in [-0.25, -0.2) is 0 Å². The summed E-state index contributed by atoms with van der Waals surface area (Å²) < 4.78 is 5.86. The Labute approximate surface area is 130 Å². The Balaban J connectivity index is 2.28. The number of hydrogen-bond acceptors (Lipinski definition) is 3. The molecular formula is C18H32N2O. The third-order valence-corrected chi connectivity index (χ3v) is 3.42. The van der Waals surface area contributed by atoms with Crippen molar-refractivity contribution >= 4 is 0 Å². The van der Waals surface area contributed by atoms with Crippen molar-refractivity contribution in [1.82, 2.24) is 10.2 Å². The number of likely N-dealkylation sites (N-methyl/N-ethyl adjacent to an activating group) is 1. The third kappa shape index (κ3) is 8.74. The zero-order chi connectivity index (χ0) is 15.5. The van der Waals surface area contributed by atoms with Crippen LogP contribution in [0.3, 0.4) is 0 Å². The zero-order valence-electron chi connectivity index (χ0n) is 14.2. The fourth-order valence-corrected chi connectivity index (χ4v) is 2.11. The number of unbranched alkanes of at least 4 members (excludes halogenated alkanes) is 1. The van der Waals surface area contributed by atoms with Gasteiger partial charge in [-0.05, 0) is 50.2 Å². The molecule has 120 valence electrons. The molecule has 0 atom stereocenters. The summed E-state index contributed by atoms with van der Waals surface area (Å²) in [5.41, 5.74) is 1.28. The van der Waals surface area contributed by atoms with Crippen LogP contribution >= 0.6 is 0 Å². The van der Waals surface area contributed by atoms with Crippen LogP contribution in [0.5, 0.6) is 5.75 Å². The van der Waals surface area contributed by atoms with Crippen molar-refractivity contribution in [3.63, 3.8) is 0 Å². The molecule has 0 heterocycles. The van der Waals surface area contributed by atoms with Crippen LogP contribution in [0.2, 0.25) is 0 Å². The summed E-state index contributed by atoms with van der Waals surface area (Å²) in [5.74, 6) is 1.66. The molecular weight excluding hydrogens is 260 g/mol. The fourth-order valence-electron chi connectivity index (χ4n) is 2.11. The first-order chi connectivity index (χ1) is 10.1. The fraction of sp³-hybridized carbons (Fsp3) is 0.667. The molecule has 1 rings (SSSR count). The van der Waals surface area contributed by atoms with Gasteiger partial charge in [0.15, 0.2) is 0 Å². The van der Waals surface area contributed by atoms with Gasteiger partial charge in [0.1, 0.15) is 12.4 Å². The minimum Gasteiger partial charge on any atom is -0.492 e. The highest BCUT2D eigenvalue weighted by Gasteiger charge is 2.00. The molecule has 0 aliphatic rings. The SMILES string of the molecule is CCCCN(C)CCOc1cccc(CNCC(C)C)c1. The number of hydrogen-bond donors (Lipinski definition) is 1. The van der Waals surface area contributed by atoms with Gasteiger partial charge < -0.3 is 15.0 Å². The summed E-state index contributed by atoms with van der Waals surface area (Å²) in [5, 5.41) is 3.46. The van der Waals surface area contributed by atoms with Crippen LogP contribution in [0.25, 0.3) is 0 Å². The van der Waals surface area contributed by atoms with Crippen LogP contribution in [-0.4, -0.2) is 38.2 Å². The van der Waals surface area contributed by atoms with E-state index >= 15 is 0 Å². The highest BCUT2D eigenvalue weighted by molar-refractivity contribution is 5.28. The lowest BCUT2D eigenvalue weighted by atomic mass is 10.2. The number of nitrogens with zero attached hydrogens (tertiary/aromatic N) is 1. The minimum absolute atomic E-state index is 0.683. The quantitative estimate of drug-likeness (QED) is 0.675. The molecule has 1 aromatic carbocycles. The highest BCUT2D eigenvalue weighted by Crippen LogP contribution is 2.13. The standard InChI is InChI=1S/C18H32N2O/c1-5-6-10-20(4)11-12-21-18-9-7-8-17(13-18)15-19-14-16(2)3/h7-9,13,16,19H,5-6,10-12,14-15H2,1-4H3. The van der Waals surface area contributed by atoms with Crippen molar-refractivity contribution in [2.75, 3.05) is 33.3 Å². The van der Waals surface area contributed by atoms with E-state index in [0.717, 1.165) is 38.5 Å². The first-order valence-electron chi connectivity index (χ1n) is 8.22. The van der Waals surface area contributed by atoms with E-state index in [-0.39, 0.29) is 0 Å². The van der Waals surface area contributed by atoms with Crippen molar-refractivity contribution in [3.8, 4) is 5.75 Å². The average Bonchev–Trinajstić information content (AvgIpc) is 2.45. The molecule has 0 spiro atoms. The van der Waals surface area contributed by atoms with E-state index in [9.17, 15) is 0 Å². The number of nitrogens with one attached hydrogen (secondary N) is 1. The predicted molar refractivity (Wildman–Crippen MR) is 90.9 cm³/mol.